The molecular weight excluding hydrogens is 488 g/mol. The number of halogens is 1. The van der Waals surface area contributed by atoms with E-state index in [0.717, 1.165) is 33.6 Å². The molecule has 3 N–H and O–H groups in total. The Morgan fingerprint density at radius 3 is 2.51 bits per heavy atom. The van der Waals surface area contributed by atoms with Crippen molar-refractivity contribution in [2.45, 2.75) is 32.4 Å². The minimum Gasteiger partial charge on any atom is -0.382 e. The van der Waals surface area contributed by atoms with Crippen molar-refractivity contribution < 1.29 is 5.11 Å². The average Bonchev–Trinajstić information content (AvgIpc) is 3.18. The quantitative estimate of drug-likeness (QED) is 0.288. The summed E-state index contributed by atoms with van der Waals surface area (Å²) in [4.78, 5) is 26.0. The lowest BCUT2D eigenvalue weighted by Crippen LogP contribution is -2.19. The van der Waals surface area contributed by atoms with Crippen LogP contribution in [0.25, 0.3) is 22.0 Å². The summed E-state index contributed by atoms with van der Waals surface area (Å²) in [6.07, 6.45) is 5.59. The molecule has 5 rings (SSSR count). The number of anilines is 1. The number of aryl methyl sites for hydroxylation is 1. The summed E-state index contributed by atoms with van der Waals surface area (Å²) in [6, 6.07) is 15.5. The minimum atomic E-state index is -1.13. The van der Waals surface area contributed by atoms with E-state index in [-0.39, 0.29) is 5.56 Å². The Morgan fingerprint density at radius 2 is 1.81 bits per heavy atom. The fourth-order valence-corrected chi connectivity index (χ4v) is 4.45. The highest BCUT2D eigenvalue weighted by Crippen LogP contribution is 2.30. The van der Waals surface area contributed by atoms with E-state index < -0.39 is 5.60 Å². The van der Waals surface area contributed by atoms with Crippen LogP contribution in [0.2, 0.25) is 5.02 Å². The molecule has 8 nitrogen and oxygen atoms in total. The Bertz CT molecular complexity index is 1620. The van der Waals surface area contributed by atoms with Crippen LogP contribution in [0.15, 0.2) is 71.9 Å². The van der Waals surface area contributed by atoms with E-state index in [1.807, 2.05) is 48.5 Å². The van der Waals surface area contributed by atoms with Crippen molar-refractivity contribution >= 4 is 28.2 Å². The van der Waals surface area contributed by atoms with Gasteiger partial charge in [-0.25, -0.2) is 9.97 Å². The lowest BCUT2D eigenvalue weighted by Gasteiger charge is -2.15. The topological polar surface area (TPSA) is 109 Å². The molecule has 0 atom stereocenters. The second-order valence-corrected chi connectivity index (χ2v) is 9.95. The van der Waals surface area contributed by atoms with Gasteiger partial charge in [0.2, 0.25) is 0 Å². The third kappa shape index (κ3) is 5.26. The van der Waals surface area contributed by atoms with Crippen molar-refractivity contribution in [2.75, 3.05) is 5.32 Å². The van der Waals surface area contributed by atoms with Gasteiger partial charge in [0.1, 0.15) is 5.60 Å². The number of hydrogen-bond donors (Lipinski definition) is 3. The first-order valence-electron chi connectivity index (χ1n) is 11.9. The number of aromatic nitrogens is 5. The summed E-state index contributed by atoms with van der Waals surface area (Å²) in [6.45, 7) is 3.87. The fraction of sp³-hybridized carbons (Fsp3) is 0.214. The summed E-state index contributed by atoms with van der Waals surface area (Å²) < 4.78 is 1.47. The van der Waals surface area contributed by atoms with Crippen LogP contribution < -0.4 is 10.9 Å². The van der Waals surface area contributed by atoms with Crippen molar-refractivity contribution in [3.8, 4) is 11.1 Å². The number of pyridine rings is 1. The van der Waals surface area contributed by atoms with E-state index >= 15 is 0 Å². The van der Waals surface area contributed by atoms with Crippen molar-refractivity contribution in [3.63, 3.8) is 0 Å². The SMILES string of the molecule is Cn1[nH]c2cc(-c3cnc(C(C)(C)O)nc3)cc(Cc3cc(NCc4ccccn4)ccc3Cl)c2c1=O. The number of benzene rings is 2. The highest BCUT2D eigenvalue weighted by Gasteiger charge is 2.20. The molecule has 2 aromatic carbocycles. The van der Waals surface area contributed by atoms with Gasteiger partial charge in [-0.05, 0) is 79.4 Å². The largest absolute Gasteiger partial charge is 0.382 e. The molecule has 3 aromatic heterocycles. The summed E-state index contributed by atoms with van der Waals surface area (Å²) in [7, 11) is 1.70. The summed E-state index contributed by atoms with van der Waals surface area (Å²) in [5.41, 5.74) is 4.68. The van der Waals surface area contributed by atoms with Crippen LogP contribution in [0.5, 0.6) is 0 Å². The van der Waals surface area contributed by atoms with Crippen LogP contribution in [0.4, 0.5) is 5.69 Å². The predicted molar refractivity (Wildman–Crippen MR) is 146 cm³/mol. The molecule has 37 heavy (non-hydrogen) atoms. The Labute approximate surface area is 219 Å². The van der Waals surface area contributed by atoms with Crippen LogP contribution in [-0.4, -0.2) is 29.8 Å². The van der Waals surface area contributed by atoms with E-state index in [1.165, 1.54) is 4.68 Å². The first-order chi connectivity index (χ1) is 17.7. The highest BCUT2D eigenvalue weighted by atomic mass is 35.5. The third-order valence-electron chi connectivity index (χ3n) is 6.19. The molecule has 0 aliphatic carbocycles. The molecule has 5 aromatic rings. The number of aromatic amines is 1. The van der Waals surface area contributed by atoms with E-state index in [1.54, 1.807) is 39.5 Å². The molecule has 188 valence electrons. The maximum Gasteiger partial charge on any atom is 0.274 e. The van der Waals surface area contributed by atoms with Crippen LogP contribution in [0.3, 0.4) is 0 Å². The summed E-state index contributed by atoms with van der Waals surface area (Å²) >= 11 is 6.60. The first kappa shape index (κ1) is 24.7. The van der Waals surface area contributed by atoms with Gasteiger partial charge in [-0.15, -0.1) is 0 Å². The van der Waals surface area contributed by atoms with Gasteiger partial charge in [0.05, 0.1) is 23.1 Å². The number of nitrogens with zero attached hydrogens (tertiary/aromatic N) is 4. The Morgan fingerprint density at radius 1 is 1.03 bits per heavy atom. The number of rotatable bonds is 7. The smallest absolute Gasteiger partial charge is 0.274 e. The van der Waals surface area contributed by atoms with Crippen LogP contribution in [0, 0.1) is 0 Å². The zero-order valence-electron chi connectivity index (χ0n) is 20.8. The van der Waals surface area contributed by atoms with Gasteiger partial charge in [0.25, 0.3) is 5.56 Å². The maximum absolute atomic E-state index is 13.0. The third-order valence-corrected chi connectivity index (χ3v) is 6.55. The molecule has 0 fully saturated rings. The Balaban J connectivity index is 1.51. The van der Waals surface area contributed by atoms with Gasteiger partial charge in [-0.2, -0.15) is 0 Å². The van der Waals surface area contributed by atoms with Crippen molar-refractivity contribution in [1.29, 1.82) is 0 Å². The molecule has 0 saturated heterocycles. The molecular formula is C28H27ClN6O2. The van der Waals surface area contributed by atoms with Crippen molar-refractivity contribution in [2.24, 2.45) is 7.05 Å². The molecule has 0 bridgehead atoms. The molecule has 0 aliphatic rings. The van der Waals surface area contributed by atoms with Gasteiger partial charge >= 0.3 is 0 Å². The number of fused-ring (bicyclic) bond motifs is 1. The molecule has 0 amide bonds. The predicted octanol–water partition coefficient (Wildman–Crippen LogP) is 4.80. The van der Waals surface area contributed by atoms with E-state index in [4.69, 9.17) is 11.6 Å². The van der Waals surface area contributed by atoms with Gasteiger partial charge in [-0.1, -0.05) is 17.7 Å². The Kier molecular flexibility index (Phi) is 6.54. The van der Waals surface area contributed by atoms with Crippen LogP contribution >= 0.6 is 11.6 Å². The number of hydrogen-bond acceptors (Lipinski definition) is 6. The van der Waals surface area contributed by atoms with E-state index in [2.05, 4.69) is 25.4 Å². The van der Waals surface area contributed by atoms with Crippen LogP contribution in [-0.2, 0) is 25.6 Å². The number of nitrogens with one attached hydrogen (secondary N) is 2. The first-order valence-corrected chi connectivity index (χ1v) is 12.3. The molecule has 0 unspecified atom stereocenters. The number of aliphatic hydroxyl groups is 1. The Hall–Kier alpha value is -4.01. The molecule has 0 saturated carbocycles. The molecule has 0 radical (unpaired) electrons. The van der Waals surface area contributed by atoms with Gasteiger partial charge in [0, 0.05) is 41.9 Å². The highest BCUT2D eigenvalue weighted by molar-refractivity contribution is 6.31. The second-order valence-electron chi connectivity index (χ2n) is 9.55. The standard InChI is InChI=1S/C28H27ClN6O2/c1-28(2,37)27-32-14-20(15-33-27)17-10-19(25-24(13-17)34-35(3)26(25)36)11-18-12-21(7-8-23(18)29)31-16-22-6-4-5-9-30-22/h4-10,12-15,31,34,37H,11,16H2,1-3H3. The van der Waals surface area contributed by atoms with Crippen LogP contribution in [0.1, 0.15) is 36.5 Å². The minimum absolute atomic E-state index is 0.106. The number of H-pyrrole nitrogens is 1. The molecule has 0 spiro atoms. The average molecular weight is 515 g/mol. The summed E-state index contributed by atoms with van der Waals surface area (Å²) in [5, 5.41) is 18.0. The fourth-order valence-electron chi connectivity index (χ4n) is 4.26. The van der Waals surface area contributed by atoms with Gasteiger partial charge < -0.3 is 10.4 Å². The molecule has 9 heteroatoms. The van der Waals surface area contributed by atoms with E-state index in [9.17, 15) is 9.90 Å². The molecule has 3 heterocycles. The second kappa shape index (κ2) is 9.80. The monoisotopic (exact) mass is 514 g/mol. The normalized spacial score (nSPS) is 11.7. The van der Waals surface area contributed by atoms with Crippen molar-refractivity contribution in [1.82, 2.24) is 24.7 Å². The maximum atomic E-state index is 13.0. The van der Waals surface area contributed by atoms with Gasteiger partial charge in [-0.3, -0.25) is 19.6 Å². The lowest BCUT2D eigenvalue weighted by molar-refractivity contribution is 0.0687. The van der Waals surface area contributed by atoms with Crippen molar-refractivity contribution in [3.05, 3.63) is 105 Å². The zero-order chi connectivity index (χ0) is 26.2. The lowest BCUT2D eigenvalue weighted by atomic mass is 9.96. The zero-order valence-corrected chi connectivity index (χ0v) is 21.5. The summed E-state index contributed by atoms with van der Waals surface area (Å²) in [5.74, 6) is 0.340. The molecule has 0 aliphatic heterocycles. The van der Waals surface area contributed by atoms with E-state index in [0.29, 0.717) is 34.7 Å². The van der Waals surface area contributed by atoms with Gasteiger partial charge in [0.15, 0.2) is 5.82 Å².